The minimum atomic E-state index is -2.83. The third kappa shape index (κ3) is 5.32. The van der Waals surface area contributed by atoms with E-state index in [1.165, 1.54) is 23.0 Å². The number of halogens is 1. The first-order valence-electron chi connectivity index (χ1n) is 13.0. The van der Waals surface area contributed by atoms with E-state index in [-0.39, 0.29) is 22.3 Å². The summed E-state index contributed by atoms with van der Waals surface area (Å²) < 4.78 is 12.5. The lowest BCUT2D eigenvalue weighted by Gasteiger charge is -2.34. The fourth-order valence-electron chi connectivity index (χ4n) is 5.12. The average molecular weight is 618 g/mol. The minimum Gasteiger partial charge on any atom is -0.479 e. The summed E-state index contributed by atoms with van der Waals surface area (Å²) in [4.78, 5) is 38.4. The molecule has 2 aromatic heterocycles. The number of aromatic nitrogens is 4. The van der Waals surface area contributed by atoms with Crippen molar-refractivity contribution in [2.24, 2.45) is 0 Å². The van der Waals surface area contributed by atoms with Gasteiger partial charge < -0.3 is 45.6 Å². The van der Waals surface area contributed by atoms with Crippen LogP contribution in [0.25, 0.3) is 11.2 Å². The van der Waals surface area contributed by atoms with E-state index in [0.29, 0.717) is 24.3 Å². The van der Waals surface area contributed by atoms with Crippen LogP contribution in [-0.2, 0) is 25.5 Å². The summed E-state index contributed by atoms with van der Waals surface area (Å²) in [5, 5.41) is 55.1. The topological polar surface area (TPSA) is 239 Å². The number of benzene rings is 1. The normalized spacial score (nSPS) is 26.0. The van der Waals surface area contributed by atoms with Crippen LogP contribution in [0, 0.1) is 12.3 Å². The molecule has 0 amide bonds. The van der Waals surface area contributed by atoms with E-state index in [1.54, 1.807) is 17.0 Å². The molecule has 5 rings (SSSR count). The number of rotatable bonds is 9. The van der Waals surface area contributed by atoms with E-state index in [9.17, 15) is 35.1 Å². The Morgan fingerprint density at radius 3 is 2.58 bits per heavy atom. The van der Waals surface area contributed by atoms with Gasteiger partial charge in [0.2, 0.25) is 5.28 Å². The third-order valence-electron chi connectivity index (χ3n) is 7.53. The number of aliphatic hydroxyl groups excluding tert-OH is 2. The Hall–Kier alpha value is -4.08. The molecule has 5 atom stereocenters. The molecule has 1 aromatic carbocycles. The van der Waals surface area contributed by atoms with Gasteiger partial charge in [0.05, 0.1) is 12.9 Å². The molecular formula is C26H28ClN7O9. The molecule has 16 nitrogen and oxygen atoms in total. The highest BCUT2D eigenvalue weighted by Gasteiger charge is 2.58. The largest absolute Gasteiger partial charge is 0.479 e. The zero-order chi connectivity index (χ0) is 31.1. The summed E-state index contributed by atoms with van der Waals surface area (Å²) >= 11 is 5.91. The Labute approximate surface area is 248 Å². The van der Waals surface area contributed by atoms with Gasteiger partial charge in [-0.1, -0.05) is 18.1 Å². The van der Waals surface area contributed by atoms with Crippen LogP contribution in [0.15, 0.2) is 30.6 Å². The second kappa shape index (κ2) is 11.5. The number of nitrogens with one attached hydrogen (secondary N) is 1. The van der Waals surface area contributed by atoms with Crippen LogP contribution in [-0.4, -0.2) is 106 Å². The maximum Gasteiger partial charge on any atom is 0.348 e. The van der Waals surface area contributed by atoms with E-state index < -0.39 is 61.0 Å². The molecular weight excluding hydrogens is 590 g/mol. The monoisotopic (exact) mass is 617 g/mol. The van der Waals surface area contributed by atoms with Crippen molar-refractivity contribution in [3.8, 4) is 12.3 Å². The number of hydrogen-bond acceptors (Lipinski definition) is 13. The predicted molar refractivity (Wildman–Crippen MR) is 149 cm³/mol. The van der Waals surface area contributed by atoms with Gasteiger partial charge in [-0.05, 0) is 35.7 Å². The Morgan fingerprint density at radius 1 is 1.26 bits per heavy atom. The Balaban J connectivity index is 1.39. The van der Waals surface area contributed by atoms with E-state index in [2.05, 4.69) is 20.3 Å². The summed E-state index contributed by atoms with van der Waals surface area (Å²) in [6.07, 6.45) is 1.17. The highest BCUT2D eigenvalue weighted by atomic mass is 35.5. The van der Waals surface area contributed by atoms with Crippen molar-refractivity contribution in [1.82, 2.24) is 24.8 Å². The molecule has 43 heavy (non-hydrogen) atoms. The summed E-state index contributed by atoms with van der Waals surface area (Å²) in [7, 11) is 0. The zero-order valence-electron chi connectivity index (χ0n) is 22.4. The van der Waals surface area contributed by atoms with Crippen molar-refractivity contribution < 1.29 is 44.6 Å². The van der Waals surface area contributed by atoms with E-state index in [0.717, 1.165) is 6.42 Å². The van der Waals surface area contributed by atoms with Crippen molar-refractivity contribution in [1.29, 1.82) is 0 Å². The molecule has 17 heteroatoms. The summed E-state index contributed by atoms with van der Waals surface area (Å²) in [5.41, 5.74) is 1.66. The van der Waals surface area contributed by atoms with Crippen molar-refractivity contribution in [3.05, 3.63) is 41.4 Å². The maximum atomic E-state index is 12.4. The van der Waals surface area contributed by atoms with Crippen LogP contribution in [0.5, 0.6) is 0 Å². The number of aliphatic carboxylic acids is 2. The fraction of sp³-hybridized carbons (Fsp3) is 0.423. The molecule has 2 aliphatic heterocycles. The molecule has 0 radical (unpaired) electrons. The van der Waals surface area contributed by atoms with Crippen molar-refractivity contribution in [2.45, 2.75) is 48.8 Å². The Bertz CT molecular complexity index is 1570. The van der Waals surface area contributed by atoms with Crippen molar-refractivity contribution >= 4 is 46.2 Å². The number of nitrogen functional groups attached to an aromatic ring is 1. The smallest absolute Gasteiger partial charge is 0.348 e. The molecule has 1 unspecified atom stereocenters. The third-order valence-corrected chi connectivity index (χ3v) is 7.70. The number of nitrogens with zero attached hydrogens (tertiary/aromatic N) is 5. The number of hydrogen-bond donors (Lipinski definition) is 7. The maximum absolute atomic E-state index is 12.4. The lowest BCUT2D eigenvalue weighted by molar-refractivity contribution is -0.191. The van der Waals surface area contributed by atoms with Gasteiger partial charge in [0.1, 0.15) is 17.7 Å². The van der Waals surface area contributed by atoms with Crippen LogP contribution in [0.2, 0.25) is 5.28 Å². The quantitative estimate of drug-likeness (QED) is 0.0859. The molecule has 0 bridgehead atoms. The number of aliphatic hydroxyl groups is 3. The first-order valence-corrected chi connectivity index (χ1v) is 13.4. The van der Waals surface area contributed by atoms with E-state index >= 15 is 0 Å². The number of terminal acetylenes is 1. The highest BCUT2D eigenvalue weighted by molar-refractivity contribution is 6.28. The average Bonchev–Trinajstić information content (AvgIpc) is 3.50. The Morgan fingerprint density at radius 2 is 1.95 bits per heavy atom. The van der Waals surface area contributed by atoms with Gasteiger partial charge in [0.15, 0.2) is 29.6 Å². The second-order valence-electron chi connectivity index (χ2n) is 10.1. The molecule has 228 valence electrons. The summed E-state index contributed by atoms with van der Waals surface area (Å²) in [6, 6.07) is 6.28. The van der Waals surface area contributed by atoms with Crippen molar-refractivity contribution in [2.75, 3.05) is 30.3 Å². The van der Waals surface area contributed by atoms with Gasteiger partial charge in [-0.15, -0.1) is 6.42 Å². The molecule has 2 aliphatic rings. The summed E-state index contributed by atoms with van der Waals surface area (Å²) in [6.45, 7) is 0.390. The lowest BCUT2D eigenvalue weighted by Crippen LogP contribution is -2.55. The molecule has 4 heterocycles. The predicted octanol–water partition coefficient (Wildman–Crippen LogP) is -1.07. The number of carboxylic acids is 2. The number of carbonyl (C=O) groups is 2. The first-order chi connectivity index (χ1) is 20.4. The van der Waals surface area contributed by atoms with Crippen LogP contribution in [0.3, 0.4) is 0 Å². The number of nitrogens with two attached hydrogens (primary N) is 1. The SMILES string of the molecule is C#C[C@@]1(O)[C@@H](COC(Cc2ccc(N3CCCNC3O)cc2)(C(=O)O)C(=O)O)O[C@@H](n2cnc3c(N)nc(Cl)nc32)[C@@H]1O. The number of imidazole rings is 1. The van der Waals surface area contributed by atoms with Gasteiger partial charge in [-0.3, -0.25) is 9.88 Å². The molecule has 0 saturated carbocycles. The number of anilines is 2. The van der Waals surface area contributed by atoms with E-state index in [1.807, 2.05) is 5.92 Å². The second-order valence-corrected chi connectivity index (χ2v) is 10.4. The highest BCUT2D eigenvalue weighted by Crippen LogP contribution is 2.39. The zero-order valence-corrected chi connectivity index (χ0v) is 23.1. The van der Waals surface area contributed by atoms with E-state index in [4.69, 9.17) is 33.2 Å². The van der Waals surface area contributed by atoms with Crippen LogP contribution in [0.4, 0.5) is 11.5 Å². The number of ether oxygens (including phenoxy) is 2. The number of fused-ring (bicyclic) bond motifs is 1. The Kier molecular flexibility index (Phi) is 8.15. The molecule has 8 N–H and O–H groups in total. The van der Waals surface area contributed by atoms with Gasteiger partial charge in [-0.25, -0.2) is 14.6 Å². The molecule has 0 aliphatic carbocycles. The molecule has 3 aromatic rings. The van der Waals surface area contributed by atoms with Gasteiger partial charge in [-0.2, -0.15) is 9.97 Å². The van der Waals surface area contributed by atoms with Crippen LogP contribution < -0.4 is 16.0 Å². The summed E-state index contributed by atoms with van der Waals surface area (Å²) in [5.74, 6) is -1.65. The molecule has 2 fully saturated rings. The van der Waals surface area contributed by atoms with Crippen molar-refractivity contribution in [3.63, 3.8) is 0 Å². The number of carboxylic acid groups (broad SMARTS) is 2. The lowest BCUT2D eigenvalue weighted by atomic mass is 9.91. The van der Waals surface area contributed by atoms with Gasteiger partial charge in [0.25, 0.3) is 5.60 Å². The fourth-order valence-corrected chi connectivity index (χ4v) is 5.30. The first kappa shape index (κ1) is 30.4. The van der Waals surface area contributed by atoms with Gasteiger partial charge >= 0.3 is 11.9 Å². The molecule has 2 saturated heterocycles. The standard InChI is InChI=1S/C26H28ClN7O9/c1-2-25(41)15(43-20(17(25)35)34-12-30-16-18(28)31-23(27)32-19(16)34)11-42-26(21(36)37,22(38)39)10-13-4-6-14(7-5-13)33-9-3-8-29-24(33)40/h1,4-7,12,15,17,20,24,29,35,40-41H,3,8-11H2,(H,36,37)(H,38,39)(H2,28,31,32)/t15-,17+,20-,24?,25-/m1/s1. The van der Waals surface area contributed by atoms with Gasteiger partial charge in [0, 0.05) is 25.2 Å². The molecule has 0 spiro atoms. The van der Waals surface area contributed by atoms with Crippen LogP contribution in [0.1, 0.15) is 18.2 Å². The minimum absolute atomic E-state index is 0.0456. The van der Waals surface area contributed by atoms with Crippen LogP contribution >= 0.6 is 11.6 Å².